The van der Waals surface area contributed by atoms with Crippen LogP contribution in [0.2, 0.25) is 0 Å². The third kappa shape index (κ3) is 3.17. The molecule has 0 radical (unpaired) electrons. The van der Waals surface area contributed by atoms with E-state index in [0.717, 1.165) is 23.7 Å². The molecule has 0 bridgehead atoms. The average molecular weight is 287 g/mol. The highest BCUT2D eigenvalue weighted by Crippen LogP contribution is 2.23. The summed E-state index contributed by atoms with van der Waals surface area (Å²) in [4.78, 5) is 12.0. The van der Waals surface area contributed by atoms with Gasteiger partial charge in [-0.05, 0) is 25.0 Å². The van der Waals surface area contributed by atoms with Crippen molar-refractivity contribution >= 4 is 16.8 Å². The molecular formula is C16H21N3O2. The van der Waals surface area contributed by atoms with Gasteiger partial charge in [-0.3, -0.25) is 9.48 Å². The third-order valence-electron chi connectivity index (χ3n) is 4.03. The molecule has 0 atom stereocenters. The summed E-state index contributed by atoms with van der Waals surface area (Å²) in [7, 11) is 1.87. The molecular weight excluding hydrogens is 266 g/mol. The number of carbonyl (C=O) groups excluding carboxylic acids is 1. The Labute approximate surface area is 124 Å². The Balaban J connectivity index is 1.59. The number of hydrogen-bond donors (Lipinski definition) is 1. The Morgan fingerprint density at radius 2 is 2.10 bits per heavy atom. The van der Waals surface area contributed by atoms with Gasteiger partial charge in [-0.2, -0.15) is 0 Å². The predicted molar refractivity (Wildman–Crippen MR) is 81.2 cm³/mol. The maximum atomic E-state index is 12.0. The molecule has 0 unspecified atom stereocenters. The lowest BCUT2D eigenvalue weighted by atomic mass is 9.95. The second-order valence-electron chi connectivity index (χ2n) is 5.64. The summed E-state index contributed by atoms with van der Waals surface area (Å²) in [5, 5.41) is 8.30. The lowest BCUT2D eigenvalue weighted by Crippen LogP contribution is -2.39. The lowest BCUT2D eigenvalue weighted by Gasteiger charge is -2.22. The topological polar surface area (TPSA) is 56.2 Å². The van der Waals surface area contributed by atoms with E-state index in [1.807, 2.05) is 31.3 Å². The van der Waals surface area contributed by atoms with Gasteiger partial charge in [-0.15, -0.1) is 5.10 Å². The van der Waals surface area contributed by atoms with Gasteiger partial charge in [0, 0.05) is 13.1 Å². The molecule has 2 aromatic rings. The van der Waals surface area contributed by atoms with Crippen molar-refractivity contribution < 1.29 is 9.53 Å². The van der Waals surface area contributed by atoms with Gasteiger partial charge in [0.1, 0.15) is 0 Å². The maximum Gasteiger partial charge on any atom is 0.258 e. The van der Waals surface area contributed by atoms with E-state index >= 15 is 0 Å². The van der Waals surface area contributed by atoms with Crippen LogP contribution in [0, 0.1) is 0 Å². The zero-order valence-electron chi connectivity index (χ0n) is 12.3. The highest BCUT2D eigenvalue weighted by molar-refractivity contribution is 5.85. The number of carbonyl (C=O) groups is 1. The van der Waals surface area contributed by atoms with Gasteiger partial charge in [0.05, 0.1) is 10.9 Å². The second kappa shape index (κ2) is 6.16. The van der Waals surface area contributed by atoms with E-state index in [2.05, 4.69) is 10.4 Å². The zero-order chi connectivity index (χ0) is 14.7. The van der Waals surface area contributed by atoms with E-state index in [-0.39, 0.29) is 12.5 Å². The minimum Gasteiger partial charge on any atom is -0.466 e. The molecule has 1 aliphatic rings. The molecule has 1 aliphatic carbocycles. The highest BCUT2D eigenvalue weighted by atomic mass is 16.5. The average Bonchev–Trinajstić information content (AvgIpc) is 2.83. The first kappa shape index (κ1) is 13.9. The number of rotatable bonds is 4. The second-order valence-corrected chi connectivity index (χ2v) is 5.64. The van der Waals surface area contributed by atoms with Gasteiger partial charge in [0.2, 0.25) is 5.88 Å². The Bertz CT molecular complexity index is 629. The van der Waals surface area contributed by atoms with Gasteiger partial charge < -0.3 is 10.1 Å². The molecule has 1 fully saturated rings. The molecule has 1 saturated carbocycles. The first-order valence-electron chi connectivity index (χ1n) is 7.58. The molecule has 1 aromatic carbocycles. The number of nitrogens with one attached hydrogen (secondary N) is 1. The van der Waals surface area contributed by atoms with Crippen LogP contribution < -0.4 is 10.1 Å². The van der Waals surface area contributed by atoms with Crippen LogP contribution in [0.25, 0.3) is 10.9 Å². The molecule has 112 valence electrons. The molecule has 1 N–H and O–H groups in total. The SMILES string of the molecule is Cn1nc(OCC(=O)NC2CCCCC2)c2ccccc21. The fourth-order valence-electron chi connectivity index (χ4n) is 2.94. The number of amides is 1. The van der Waals surface area contributed by atoms with Crippen molar-refractivity contribution in [1.29, 1.82) is 0 Å². The van der Waals surface area contributed by atoms with Crippen LogP contribution in [0.4, 0.5) is 0 Å². The molecule has 1 amide bonds. The number of para-hydroxylation sites is 1. The van der Waals surface area contributed by atoms with Crippen LogP contribution in [-0.2, 0) is 11.8 Å². The van der Waals surface area contributed by atoms with E-state index in [1.165, 1.54) is 19.3 Å². The normalized spacial score (nSPS) is 16.0. The van der Waals surface area contributed by atoms with E-state index in [0.29, 0.717) is 11.9 Å². The Morgan fingerprint density at radius 3 is 2.90 bits per heavy atom. The smallest absolute Gasteiger partial charge is 0.258 e. The molecule has 3 rings (SSSR count). The van der Waals surface area contributed by atoms with E-state index in [1.54, 1.807) is 4.68 Å². The van der Waals surface area contributed by atoms with Gasteiger partial charge >= 0.3 is 0 Å². The van der Waals surface area contributed by atoms with Crippen molar-refractivity contribution in [3.63, 3.8) is 0 Å². The van der Waals surface area contributed by atoms with Gasteiger partial charge in [-0.25, -0.2) is 0 Å². The summed E-state index contributed by atoms with van der Waals surface area (Å²) >= 11 is 0. The summed E-state index contributed by atoms with van der Waals surface area (Å²) in [6, 6.07) is 8.16. The van der Waals surface area contributed by atoms with E-state index < -0.39 is 0 Å². The van der Waals surface area contributed by atoms with Crippen molar-refractivity contribution in [2.24, 2.45) is 7.05 Å². The van der Waals surface area contributed by atoms with Crippen LogP contribution in [0.3, 0.4) is 0 Å². The molecule has 0 spiro atoms. The number of nitrogens with zero attached hydrogens (tertiary/aromatic N) is 2. The molecule has 5 heteroatoms. The lowest BCUT2D eigenvalue weighted by molar-refractivity contribution is -0.124. The van der Waals surface area contributed by atoms with Crippen LogP contribution >= 0.6 is 0 Å². The summed E-state index contributed by atoms with van der Waals surface area (Å²) in [5.41, 5.74) is 1.00. The first-order valence-corrected chi connectivity index (χ1v) is 7.58. The van der Waals surface area contributed by atoms with Crippen molar-refractivity contribution in [2.75, 3.05) is 6.61 Å². The van der Waals surface area contributed by atoms with Gasteiger partial charge in [-0.1, -0.05) is 31.4 Å². The first-order chi connectivity index (χ1) is 10.2. The summed E-state index contributed by atoms with van der Waals surface area (Å²) < 4.78 is 7.37. The van der Waals surface area contributed by atoms with Crippen LogP contribution in [0.1, 0.15) is 32.1 Å². The predicted octanol–water partition coefficient (Wildman–Crippen LogP) is 2.40. The summed E-state index contributed by atoms with van der Waals surface area (Å²) in [5.74, 6) is 0.462. The maximum absolute atomic E-state index is 12.0. The third-order valence-corrected chi connectivity index (χ3v) is 4.03. The molecule has 1 heterocycles. The summed E-state index contributed by atoms with van der Waals surface area (Å²) in [6.45, 7) is 0.0253. The molecule has 5 nitrogen and oxygen atoms in total. The molecule has 1 aromatic heterocycles. The molecule has 21 heavy (non-hydrogen) atoms. The number of benzene rings is 1. The fraction of sp³-hybridized carbons (Fsp3) is 0.500. The number of fused-ring (bicyclic) bond motifs is 1. The Kier molecular flexibility index (Phi) is 4.08. The number of ether oxygens (including phenoxy) is 1. The van der Waals surface area contributed by atoms with Crippen molar-refractivity contribution in [1.82, 2.24) is 15.1 Å². The van der Waals surface area contributed by atoms with Gasteiger partial charge in [0.15, 0.2) is 6.61 Å². The quantitative estimate of drug-likeness (QED) is 0.939. The van der Waals surface area contributed by atoms with Crippen molar-refractivity contribution in [3.05, 3.63) is 24.3 Å². The highest BCUT2D eigenvalue weighted by Gasteiger charge is 2.16. The van der Waals surface area contributed by atoms with E-state index in [9.17, 15) is 4.79 Å². The Morgan fingerprint density at radius 1 is 1.33 bits per heavy atom. The zero-order valence-corrected chi connectivity index (χ0v) is 12.3. The van der Waals surface area contributed by atoms with Crippen molar-refractivity contribution in [3.8, 4) is 5.88 Å². The van der Waals surface area contributed by atoms with Crippen LogP contribution in [-0.4, -0.2) is 28.3 Å². The number of aromatic nitrogens is 2. The molecule has 0 aliphatic heterocycles. The monoisotopic (exact) mass is 287 g/mol. The molecule has 0 saturated heterocycles. The summed E-state index contributed by atoms with van der Waals surface area (Å²) in [6.07, 6.45) is 5.85. The minimum absolute atomic E-state index is 0.0253. The Hall–Kier alpha value is -2.04. The standard InChI is InChI=1S/C16H21N3O2/c1-19-14-10-6-5-9-13(14)16(18-19)21-11-15(20)17-12-7-3-2-4-8-12/h5-6,9-10,12H,2-4,7-8,11H2,1H3,(H,17,20). The van der Waals surface area contributed by atoms with Crippen LogP contribution in [0.15, 0.2) is 24.3 Å². The number of aryl methyl sites for hydroxylation is 1. The van der Waals surface area contributed by atoms with E-state index in [4.69, 9.17) is 4.74 Å². The largest absolute Gasteiger partial charge is 0.466 e. The minimum atomic E-state index is -0.0587. The van der Waals surface area contributed by atoms with Gasteiger partial charge in [0.25, 0.3) is 5.91 Å². The van der Waals surface area contributed by atoms with Crippen LogP contribution in [0.5, 0.6) is 5.88 Å². The number of hydrogen-bond acceptors (Lipinski definition) is 3. The fourth-order valence-corrected chi connectivity index (χ4v) is 2.94. The van der Waals surface area contributed by atoms with Crippen molar-refractivity contribution in [2.45, 2.75) is 38.1 Å².